The van der Waals surface area contributed by atoms with Gasteiger partial charge in [-0.15, -0.1) is 24.0 Å². The van der Waals surface area contributed by atoms with Crippen molar-refractivity contribution in [2.45, 2.75) is 26.3 Å². The molecule has 25 heavy (non-hydrogen) atoms. The molecule has 1 aliphatic rings. The first-order chi connectivity index (χ1) is 11.7. The van der Waals surface area contributed by atoms with Gasteiger partial charge < -0.3 is 14.8 Å². The number of piperidine rings is 1. The third kappa shape index (κ3) is 4.93. The molecule has 1 saturated heterocycles. The summed E-state index contributed by atoms with van der Waals surface area (Å²) in [7, 11) is 1.79. The van der Waals surface area contributed by atoms with Gasteiger partial charge in [0, 0.05) is 39.1 Å². The molecule has 1 aliphatic heterocycles. The molecule has 2 heterocycles. The van der Waals surface area contributed by atoms with Gasteiger partial charge in [-0.2, -0.15) is 0 Å². The Hall–Kier alpha value is -1.64. The van der Waals surface area contributed by atoms with Gasteiger partial charge in [-0.25, -0.2) is 9.37 Å². The van der Waals surface area contributed by atoms with E-state index in [9.17, 15) is 4.39 Å². The summed E-state index contributed by atoms with van der Waals surface area (Å²) in [5.41, 5.74) is 1.40. The minimum atomic E-state index is -0.255. The van der Waals surface area contributed by atoms with E-state index in [4.69, 9.17) is 0 Å². The van der Waals surface area contributed by atoms with Gasteiger partial charge in [0.1, 0.15) is 5.82 Å². The fraction of sp³-hybridized carbons (Fsp3) is 0.444. The zero-order valence-corrected chi connectivity index (χ0v) is 17.0. The van der Waals surface area contributed by atoms with Crippen LogP contribution in [0.15, 0.2) is 41.9 Å². The van der Waals surface area contributed by atoms with E-state index in [1.54, 1.807) is 42.5 Å². The molecule has 0 radical (unpaired) electrons. The molecule has 0 amide bonds. The van der Waals surface area contributed by atoms with Crippen molar-refractivity contribution in [3.8, 4) is 5.69 Å². The molecular formula is C18H25FIN5. The number of hydrogen-bond donors (Lipinski definition) is 1. The Kier molecular flexibility index (Phi) is 7.22. The lowest BCUT2D eigenvalue weighted by Crippen LogP contribution is -2.45. The molecule has 1 aromatic carbocycles. The summed E-state index contributed by atoms with van der Waals surface area (Å²) < 4.78 is 16.0. The molecule has 0 atom stereocenters. The second-order valence-electron chi connectivity index (χ2n) is 6.33. The van der Waals surface area contributed by atoms with Crippen LogP contribution in [0.5, 0.6) is 0 Å². The molecule has 0 saturated carbocycles. The molecule has 0 aliphatic carbocycles. The van der Waals surface area contributed by atoms with E-state index in [1.807, 2.05) is 6.07 Å². The van der Waals surface area contributed by atoms with Crippen LogP contribution in [0.1, 0.15) is 25.3 Å². The molecule has 1 aromatic heterocycles. The van der Waals surface area contributed by atoms with Crippen LogP contribution in [0.2, 0.25) is 0 Å². The van der Waals surface area contributed by atoms with Crippen molar-refractivity contribution in [2.75, 3.05) is 20.1 Å². The van der Waals surface area contributed by atoms with Crippen LogP contribution in [0.4, 0.5) is 4.39 Å². The average Bonchev–Trinajstić information content (AvgIpc) is 3.11. The van der Waals surface area contributed by atoms with E-state index < -0.39 is 0 Å². The van der Waals surface area contributed by atoms with Gasteiger partial charge in [-0.3, -0.25) is 4.99 Å². The molecule has 7 heteroatoms. The van der Waals surface area contributed by atoms with E-state index in [1.165, 1.54) is 12.8 Å². The summed E-state index contributed by atoms with van der Waals surface area (Å²) in [6, 6.07) is 5.27. The average molecular weight is 457 g/mol. The number of likely N-dealkylation sites (tertiary alicyclic amines) is 1. The molecule has 1 fully saturated rings. The second kappa shape index (κ2) is 9.17. The van der Waals surface area contributed by atoms with Gasteiger partial charge in [-0.05, 0) is 36.5 Å². The van der Waals surface area contributed by atoms with Crippen LogP contribution in [-0.4, -0.2) is 40.5 Å². The van der Waals surface area contributed by atoms with E-state index in [0.717, 1.165) is 30.5 Å². The molecule has 1 N–H and O–H groups in total. The van der Waals surface area contributed by atoms with Crippen LogP contribution in [0.25, 0.3) is 5.69 Å². The molecule has 0 bridgehead atoms. The van der Waals surface area contributed by atoms with E-state index >= 15 is 0 Å². The van der Waals surface area contributed by atoms with Gasteiger partial charge in [0.05, 0.1) is 12.0 Å². The Labute approximate surface area is 165 Å². The predicted octanol–water partition coefficient (Wildman–Crippen LogP) is 3.44. The van der Waals surface area contributed by atoms with Gasteiger partial charge >= 0.3 is 0 Å². The highest BCUT2D eigenvalue weighted by Gasteiger charge is 2.18. The maximum Gasteiger partial charge on any atom is 0.193 e. The first-order valence-corrected chi connectivity index (χ1v) is 8.39. The number of nitrogens with one attached hydrogen (secondary N) is 1. The summed E-state index contributed by atoms with van der Waals surface area (Å²) in [6.45, 7) is 4.89. The highest BCUT2D eigenvalue weighted by atomic mass is 127. The van der Waals surface area contributed by atoms with E-state index in [2.05, 4.69) is 27.1 Å². The summed E-state index contributed by atoms with van der Waals surface area (Å²) in [6.07, 6.45) is 7.34. The Morgan fingerprint density at radius 2 is 2.12 bits per heavy atom. The van der Waals surface area contributed by atoms with Crippen LogP contribution in [0.3, 0.4) is 0 Å². The van der Waals surface area contributed by atoms with Crippen molar-refractivity contribution >= 4 is 29.9 Å². The summed E-state index contributed by atoms with van der Waals surface area (Å²) in [5.74, 6) is 1.42. The Morgan fingerprint density at radius 1 is 1.36 bits per heavy atom. The standard InChI is InChI=1S/C18H24FN5.HI/c1-14-5-8-23(9-6-14)18(20-2)22-12-15-3-4-17(16(19)11-15)24-10-7-21-13-24;/h3-4,7,10-11,13-14H,5-6,8-9,12H2,1-2H3,(H,20,22);1H. The number of benzene rings is 1. The predicted molar refractivity (Wildman–Crippen MR) is 109 cm³/mol. The van der Waals surface area contributed by atoms with Crippen molar-refractivity contribution in [3.63, 3.8) is 0 Å². The SMILES string of the molecule is CN=C(NCc1ccc(-n2ccnc2)c(F)c1)N1CCC(C)CC1.I. The van der Waals surface area contributed by atoms with Gasteiger partial charge in [-0.1, -0.05) is 13.0 Å². The lowest BCUT2D eigenvalue weighted by Gasteiger charge is -2.32. The quantitative estimate of drug-likeness (QED) is 0.437. The first kappa shape index (κ1) is 19.7. The molecule has 0 unspecified atom stereocenters. The van der Waals surface area contributed by atoms with Crippen LogP contribution >= 0.6 is 24.0 Å². The molecule has 5 nitrogen and oxygen atoms in total. The topological polar surface area (TPSA) is 45.5 Å². The van der Waals surface area contributed by atoms with E-state index in [0.29, 0.717) is 12.2 Å². The lowest BCUT2D eigenvalue weighted by molar-refractivity contribution is 0.273. The maximum absolute atomic E-state index is 14.3. The van der Waals surface area contributed by atoms with Crippen LogP contribution < -0.4 is 5.32 Å². The van der Waals surface area contributed by atoms with Crippen molar-refractivity contribution in [1.29, 1.82) is 0 Å². The lowest BCUT2D eigenvalue weighted by atomic mass is 9.99. The Morgan fingerprint density at radius 3 is 2.72 bits per heavy atom. The second-order valence-corrected chi connectivity index (χ2v) is 6.33. The highest BCUT2D eigenvalue weighted by molar-refractivity contribution is 14.0. The smallest absolute Gasteiger partial charge is 0.193 e. The van der Waals surface area contributed by atoms with Crippen molar-refractivity contribution in [3.05, 3.63) is 48.3 Å². The number of imidazole rings is 1. The minimum Gasteiger partial charge on any atom is -0.352 e. The Bertz CT molecular complexity index is 693. The van der Waals surface area contributed by atoms with Gasteiger partial charge in [0.2, 0.25) is 0 Å². The minimum absolute atomic E-state index is 0. The number of hydrogen-bond acceptors (Lipinski definition) is 2. The third-order valence-electron chi connectivity index (χ3n) is 4.54. The maximum atomic E-state index is 14.3. The fourth-order valence-electron chi connectivity index (χ4n) is 3.01. The largest absolute Gasteiger partial charge is 0.352 e. The van der Waals surface area contributed by atoms with Gasteiger partial charge in [0.15, 0.2) is 5.96 Å². The summed E-state index contributed by atoms with van der Waals surface area (Å²) in [4.78, 5) is 10.6. The number of rotatable bonds is 3. The summed E-state index contributed by atoms with van der Waals surface area (Å²) >= 11 is 0. The van der Waals surface area contributed by atoms with Crippen LogP contribution in [0, 0.1) is 11.7 Å². The normalized spacial score (nSPS) is 15.8. The fourth-order valence-corrected chi connectivity index (χ4v) is 3.01. The number of guanidine groups is 1. The zero-order valence-electron chi connectivity index (χ0n) is 14.7. The number of nitrogens with zero attached hydrogens (tertiary/aromatic N) is 4. The van der Waals surface area contributed by atoms with Crippen molar-refractivity contribution in [1.82, 2.24) is 19.8 Å². The number of aliphatic imine (C=N–C) groups is 1. The number of aromatic nitrogens is 2. The third-order valence-corrected chi connectivity index (χ3v) is 4.54. The Balaban J connectivity index is 0.00000225. The van der Waals surface area contributed by atoms with Crippen molar-refractivity contribution < 1.29 is 4.39 Å². The molecule has 0 spiro atoms. The summed E-state index contributed by atoms with van der Waals surface area (Å²) in [5, 5.41) is 3.34. The zero-order chi connectivity index (χ0) is 16.9. The first-order valence-electron chi connectivity index (χ1n) is 8.39. The highest BCUT2D eigenvalue weighted by Crippen LogP contribution is 2.17. The monoisotopic (exact) mass is 457 g/mol. The number of halogens is 2. The molecule has 3 rings (SSSR count). The molecule has 2 aromatic rings. The van der Waals surface area contributed by atoms with Crippen LogP contribution in [-0.2, 0) is 6.54 Å². The molecular weight excluding hydrogens is 432 g/mol. The molecule has 136 valence electrons. The van der Waals surface area contributed by atoms with Gasteiger partial charge in [0.25, 0.3) is 0 Å². The van der Waals surface area contributed by atoms with Crippen molar-refractivity contribution in [2.24, 2.45) is 10.9 Å². The van der Waals surface area contributed by atoms with E-state index in [-0.39, 0.29) is 29.8 Å².